The first-order chi connectivity index (χ1) is 15.4. The second-order valence-corrected chi connectivity index (χ2v) is 10.3. The maximum Gasteiger partial charge on any atom is 0.262 e. The van der Waals surface area contributed by atoms with Crippen molar-refractivity contribution in [1.29, 1.82) is 0 Å². The molecule has 0 saturated carbocycles. The molecule has 2 aromatic rings. The molecule has 8 nitrogen and oxygen atoms in total. The smallest absolute Gasteiger partial charge is 0.262 e. The van der Waals surface area contributed by atoms with Crippen LogP contribution >= 0.6 is 27.3 Å². The Morgan fingerprint density at radius 3 is 2.56 bits per heavy atom. The average Bonchev–Trinajstić information content (AvgIpc) is 3.22. The molecule has 2 fully saturated rings. The van der Waals surface area contributed by atoms with Gasteiger partial charge in [0.2, 0.25) is 5.91 Å². The molecular weight excluding hydrogens is 498 g/mol. The molecule has 2 aliphatic rings. The molecule has 1 aromatic carbocycles. The van der Waals surface area contributed by atoms with Crippen LogP contribution in [0, 0.1) is 6.92 Å². The van der Waals surface area contributed by atoms with Gasteiger partial charge in [-0.2, -0.15) is 0 Å². The zero-order chi connectivity index (χ0) is 22.7. The minimum atomic E-state index is -1.06. The monoisotopic (exact) mass is 521 g/mol. The Kier molecular flexibility index (Phi) is 6.94. The third-order valence-electron chi connectivity index (χ3n) is 5.66. The van der Waals surface area contributed by atoms with Crippen LogP contribution in [0.25, 0.3) is 0 Å². The van der Waals surface area contributed by atoms with E-state index in [-0.39, 0.29) is 24.3 Å². The number of anilines is 2. The fourth-order valence-electron chi connectivity index (χ4n) is 3.90. The molecule has 2 N–H and O–H groups in total. The summed E-state index contributed by atoms with van der Waals surface area (Å²) < 4.78 is 11.5. The molecule has 2 saturated heterocycles. The predicted molar refractivity (Wildman–Crippen MR) is 125 cm³/mol. The highest BCUT2D eigenvalue weighted by molar-refractivity contribution is 9.11. The van der Waals surface area contributed by atoms with Crippen LogP contribution in [0.1, 0.15) is 28.1 Å². The number of carbonyl (C=O) groups excluding carboxylic acids is 3. The largest absolute Gasteiger partial charge is 0.381 e. The highest BCUT2D eigenvalue weighted by Gasteiger charge is 2.42. The van der Waals surface area contributed by atoms with Gasteiger partial charge in [-0.15, -0.1) is 11.3 Å². The first kappa shape index (κ1) is 22.9. The van der Waals surface area contributed by atoms with Crippen molar-refractivity contribution in [3.63, 3.8) is 0 Å². The van der Waals surface area contributed by atoms with Gasteiger partial charge < -0.3 is 25.0 Å². The summed E-state index contributed by atoms with van der Waals surface area (Å²) in [7, 11) is 0. The first-order valence-electron chi connectivity index (χ1n) is 10.3. The van der Waals surface area contributed by atoms with Gasteiger partial charge in [0, 0.05) is 44.0 Å². The van der Waals surface area contributed by atoms with Crippen LogP contribution in [-0.2, 0) is 19.1 Å². The summed E-state index contributed by atoms with van der Waals surface area (Å²) in [5.41, 5.74) is 1.22. The molecule has 170 valence electrons. The molecule has 0 spiro atoms. The Balaban J connectivity index is 1.51. The maximum atomic E-state index is 13.3. The van der Waals surface area contributed by atoms with Crippen molar-refractivity contribution in [1.82, 2.24) is 5.32 Å². The molecule has 2 aliphatic heterocycles. The molecule has 0 bridgehead atoms. The van der Waals surface area contributed by atoms with Crippen molar-refractivity contribution in [3.8, 4) is 0 Å². The van der Waals surface area contributed by atoms with Gasteiger partial charge in [-0.25, -0.2) is 0 Å². The van der Waals surface area contributed by atoms with Crippen LogP contribution in [0.15, 0.2) is 34.1 Å². The van der Waals surface area contributed by atoms with E-state index in [4.69, 9.17) is 9.47 Å². The number of halogens is 1. The Morgan fingerprint density at radius 1 is 1.12 bits per heavy atom. The van der Waals surface area contributed by atoms with E-state index < -0.39 is 5.54 Å². The number of rotatable bonds is 5. The number of nitrogens with zero attached hydrogens (tertiary/aromatic N) is 1. The maximum absolute atomic E-state index is 13.3. The van der Waals surface area contributed by atoms with Crippen LogP contribution in [0.5, 0.6) is 0 Å². The van der Waals surface area contributed by atoms with E-state index in [0.717, 1.165) is 15.0 Å². The zero-order valence-electron chi connectivity index (χ0n) is 17.6. The lowest BCUT2D eigenvalue weighted by Crippen LogP contribution is -2.59. The summed E-state index contributed by atoms with van der Waals surface area (Å²) in [6, 6.07) is 8.96. The van der Waals surface area contributed by atoms with Gasteiger partial charge in [0.15, 0.2) is 0 Å². The number of hydrogen-bond donors (Lipinski definition) is 2. The van der Waals surface area contributed by atoms with Crippen molar-refractivity contribution < 1.29 is 23.9 Å². The molecule has 0 aliphatic carbocycles. The fraction of sp³-hybridized carbons (Fsp3) is 0.409. The van der Waals surface area contributed by atoms with Crippen LogP contribution in [0.4, 0.5) is 11.4 Å². The van der Waals surface area contributed by atoms with Crippen LogP contribution in [-0.4, -0.2) is 56.2 Å². The number of morpholine rings is 1. The molecule has 0 radical (unpaired) electrons. The molecule has 0 unspecified atom stereocenters. The lowest BCUT2D eigenvalue weighted by molar-refractivity contribution is -0.126. The van der Waals surface area contributed by atoms with Crippen molar-refractivity contribution >= 4 is 56.4 Å². The number of ether oxygens (including phenoxy) is 2. The second-order valence-electron chi connectivity index (χ2n) is 7.81. The molecule has 10 heteroatoms. The molecule has 3 heterocycles. The van der Waals surface area contributed by atoms with Crippen molar-refractivity contribution in [3.05, 3.63) is 44.6 Å². The second kappa shape index (κ2) is 9.70. The van der Waals surface area contributed by atoms with Crippen molar-refractivity contribution in [2.75, 3.05) is 43.2 Å². The number of carbonyl (C=O) groups is 3. The average molecular weight is 522 g/mol. The molecule has 4 rings (SSSR count). The Labute approximate surface area is 198 Å². The minimum absolute atomic E-state index is 0.0724. The standard InChI is InChI=1S/C22H24BrN3O5S/c1-14-12-15(2-3-16(14)26-8-11-31-13-19(26)27)24-21(29)22(6-9-30-10-7-22)25-20(28)17-4-5-18(23)32-17/h2-5,12H,6-11,13H2,1H3,(H,24,29)(H,25,28). The van der Waals surface area contributed by atoms with Gasteiger partial charge in [0.05, 0.1) is 15.3 Å². The zero-order valence-corrected chi connectivity index (χ0v) is 20.0. The highest BCUT2D eigenvalue weighted by atomic mass is 79.9. The normalized spacial score (nSPS) is 18.3. The van der Waals surface area contributed by atoms with Gasteiger partial charge in [-0.1, -0.05) is 0 Å². The quantitative estimate of drug-likeness (QED) is 0.629. The third-order valence-corrected chi connectivity index (χ3v) is 7.28. The van der Waals surface area contributed by atoms with Crippen LogP contribution in [0.3, 0.4) is 0 Å². The number of amides is 3. The summed E-state index contributed by atoms with van der Waals surface area (Å²) in [6.45, 7) is 3.74. The Hall–Kier alpha value is -2.27. The minimum Gasteiger partial charge on any atom is -0.381 e. The van der Waals surface area contributed by atoms with Gasteiger partial charge in [-0.3, -0.25) is 14.4 Å². The highest BCUT2D eigenvalue weighted by Crippen LogP contribution is 2.29. The van der Waals surface area contributed by atoms with Gasteiger partial charge in [0.25, 0.3) is 11.8 Å². The Bertz CT molecular complexity index is 1030. The summed E-state index contributed by atoms with van der Waals surface area (Å²) in [6.07, 6.45) is 0.771. The van der Waals surface area contributed by atoms with E-state index in [9.17, 15) is 14.4 Å². The summed E-state index contributed by atoms with van der Waals surface area (Å²) in [5, 5.41) is 5.91. The number of benzene rings is 1. The summed E-state index contributed by atoms with van der Waals surface area (Å²) >= 11 is 4.68. The van der Waals surface area contributed by atoms with Gasteiger partial charge >= 0.3 is 0 Å². The molecule has 0 atom stereocenters. The summed E-state index contributed by atoms with van der Waals surface area (Å²) in [4.78, 5) is 40.5. The van der Waals surface area contributed by atoms with E-state index in [1.165, 1.54) is 11.3 Å². The van der Waals surface area contributed by atoms with Gasteiger partial charge in [-0.05, 0) is 58.7 Å². The van der Waals surface area contributed by atoms with E-state index in [2.05, 4.69) is 26.6 Å². The summed E-state index contributed by atoms with van der Waals surface area (Å²) in [5.74, 6) is -0.644. The molecule has 3 amide bonds. The van der Waals surface area contributed by atoms with Gasteiger partial charge in [0.1, 0.15) is 12.1 Å². The van der Waals surface area contributed by atoms with Crippen molar-refractivity contribution in [2.45, 2.75) is 25.3 Å². The first-order valence-corrected chi connectivity index (χ1v) is 11.9. The number of hydrogen-bond acceptors (Lipinski definition) is 6. The topological polar surface area (TPSA) is 97.0 Å². The third kappa shape index (κ3) is 4.88. The van der Waals surface area contributed by atoms with E-state index >= 15 is 0 Å². The predicted octanol–water partition coefficient (Wildman–Crippen LogP) is 3.10. The number of aryl methyl sites for hydroxylation is 1. The molecule has 1 aromatic heterocycles. The van der Waals surface area contributed by atoms with E-state index in [1.807, 2.05) is 19.1 Å². The number of thiophene rings is 1. The van der Waals surface area contributed by atoms with E-state index in [0.29, 0.717) is 49.8 Å². The fourth-order valence-corrected chi connectivity index (χ4v) is 5.18. The lowest BCUT2D eigenvalue weighted by Gasteiger charge is -2.36. The molecular formula is C22H24BrN3O5S. The van der Waals surface area contributed by atoms with E-state index in [1.54, 1.807) is 23.1 Å². The SMILES string of the molecule is Cc1cc(NC(=O)C2(NC(=O)c3ccc(Br)s3)CCOCC2)ccc1N1CCOCC1=O. The van der Waals surface area contributed by atoms with Crippen LogP contribution < -0.4 is 15.5 Å². The van der Waals surface area contributed by atoms with Crippen LogP contribution in [0.2, 0.25) is 0 Å². The number of nitrogens with one attached hydrogen (secondary N) is 2. The Morgan fingerprint density at radius 2 is 1.91 bits per heavy atom. The lowest BCUT2D eigenvalue weighted by atomic mass is 9.88. The van der Waals surface area contributed by atoms with Crippen molar-refractivity contribution in [2.24, 2.45) is 0 Å². The molecule has 32 heavy (non-hydrogen) atoms.